The molecule has 0 aromatic carbocycles. The number of imidazole rings is 1. The number of aliphatic hydroxyl groups is 1. The lowest BCUT2D eigenvalue weighted by Crippen LogP contribution is -2.40. The zero-order valence-electron chi connectivity index (χ0n) is 13.0. The molecule has 0 bridgehead atoms. The number of carbonyl (C=O) groups excluding carboxylic acids is 1. The van der Waals surface area contributed by atoms with Gasteiger partial charge in [-0.05, 0) is 39.0 Å². The SMILES string of the molecule is CCCc1nccn1CC1(O)CCC(C(=O)OCC)CC1. The van der Waals surface area contributed by atoms with Crippen molar-refractivity contribution in [2.45, 2.75) is 64.5 Å². The fraction of sp³-hybridized carbons (Fsp3) is 0.750. The first kappa shape index (κ1) is 16.0. The van der Waals surface area contributed by atoms with E-state index in [1.807, 2.05) is 17.7 Å². The van der Waals surface area contributed by atoms with Crippen molar-refractivity contribution < 1.29 is 14.6 Å². The second kappa shape index (κ2) is 7.07. The molecule has 1 aliphatic carbocycles. The number of esters is 1. The van der Waals surface area contributed by atoms with Gasteiger partial charge in [-0.2, -0.15) is 0 Å². The molecule has 118 valence electrons. The molecule has 1 aliphatic rings. The number of hydrogen-bond acceptors (Lipinski definition) is 4. The van der Waals surface area contributed by atoms with Crippen molar-refractivity contribution in [2.75, 3.05) is 6.61 Å². The summed E-state index contributed by atoms with van der Waals surface area (Å²) in [5.41, 5.74) is -0.730. The average molecular weight is 294 g/mol. The minimum Gasteiger partial charge on any atom is -0.466 e. The molecule has 1 heterocycles. The Morgan fingerprint density at radius 1 is 1.48 bits per heavy atom. The Hall–Kier alpha value is -1.36. The number of aryl methyl sites for hydroxylation is 1. The summed E-state index contributed by atoms with van der Waals surface area (Å²) < 4.78 is 7.12. The van der Waals surface area contributed by atoms with Crippen LogP contribution in [-0.4, -0.2) is 32.8 Å². The molecule has 1 aromatic heterocycles. The van der Waals surface area contributed by atoms with Gasteiger partial charge in [-0.1, -0.05) is 6.92 Å². The molecule has 0 unspecified atom stereocenters. The number of rotatable bonds is 6. The molecule has 21 heavy (non-hydrogen) atoms. The highest BCUT2D eigenvalue weighted by molar-refractivity contribution is 5.72. The molecule has 1 aromatic rings. The number of nitrogens with zero attached hydrogens (tertiary/aromatic N) is 2. The predicted octanol–water partition coefficient (Wildman–Crippen LogP) is 2.32. The topological polar surface area (TPSA) is 64.3 Å². The molecule has 2 rings (SSSR count). The molecule has 5 nitrogen and oxygen atoms in total. The standard InChI is InChI=1S/C16H26N2O3/c1-3-5-14-17-10-11-18(14)12-16(20)8-6-13(7-9-16)15(19)21-4-2/h10-11,13,20H,3-9,12H2,1-2H3. The Labute approximate surface area is 126 Å². The summed E-state index contributed by atoms with van der Waals surface area (Å²) in [5, 5.41) is 10.8. The van der Waals surface area contributed by atoms with Gasteiger partial charge in [-0.3, -0.25) is 4.79 Å². The summed E-state index contributed by atoms with van der Waals surface area (Å²) in [6.07, 6.45) is 8.37. The van der Waals surface area contributed by atoms with Gasteiger partial charge in [-0.15, -0.1) is 0 Å². The second-order valence-electron chi connectivity index (χ2n) is 5.97. The van der Waals surface area contributed by atoms with E-state index in [9.17, 15) is 9.90 Å². The molecule has 0 atom stereocenters. The number of ether oxygens (including phenoxy) is 1. The Balaban J connectivity index is 1.92. The lowest BCUT2D eigenvalue weighted by molar-refractivity contribution is -0.151. The molecule has 0 aliphatic heterocycles. The maximum atomic E-state index is 11.7. The van der Waals surface area contributed by atoms with Crippen LogP contribution in [0.2, 0.25) is 0 Å². The molecule has 0 amide bonds. The molecule has 1 N–H and O–H groups in total. The summed E-state index contributed by atoms with van der Waals surface area (Å²) in [5.74, 6) is 0.857. The van der Waals surface area contributed by atoms with Gasteiger partial charge in [-0.25, -0.2) is 4.98 Å². The number of carbonyl (C=O) groups is 1. The summed E-state index contributed by atoms with van der Waals surface area (Å²) in [6.45, 7) is 4.94. The normalized spacial score (nSPS) is 25.8. The van der Waals surface area contributed by atoms with Crippen molar-refractivity contribution in [1.29, 1.82) is 0 Å². The lowest BCUT2D eigenvalue weighted by Gasteiger charge is -2.35. The van der Waals surface area contributed by atoms with Gasteiger partial charge in [0.2, 0.25) is 0 Å². The Morgan fingerprint density at radius 3 is 2.81 bits per heavy atom. The molecular formula is C16H26N2O3. The van der Waals surface area contributed by atoms with Crippen LogP contribution >= 0.6 is 0 Å². The van der Waals surface area contributed by atoms with Gasteiger partial charge < -0.3 is 14.4 Å². The van der Waals surface area contributed by atoms with Crippen molar-refractivity contribution in [3.8, 4) is 0 Å². The molecule has 0 saturated heterocycles. The molecule has 1 saturated carbocycles. The van der Waals surface area contributed by atoms with E-state index in [0.29, 0.717) is 38.8 Å². The molecule has 0 spiro atoms. The van der Waals surface area contributed by atoms with Crippen LogP contribution in [0.3, 0.4) is 0 Å². The highest BCUT2D eigenvalue weighted by Crippen LogP contribution is 2.34. The van der Waals surface area contributed by atoms with Gasteiger partial charge in [0.05, 0.1) is 24.7 Å². The zero-order chi connectivity index (χ0) is 15.3. The van der Waals surface area contributed by atoms with E-state index < -0.39 is 5.60 Å². The van der Waals surface area contributed by atoms with Gasteiger partial charge in [0.1, 0.15) is 5.82 Å². The minimum absolute atomic E-state index is 0.0527. The third-order valence-corrected chi connectivity index (χ3v) is 4.28. The number of aromatic nitrogens is 2. The molecule has 5 heteroatoms. The fourth-order valence-corrected chi connectivity index (χ4v) is 3.06. The van der Waals surface area contributed by atoms with E-state index in [0.717, 1.165) is 18.7 Å². The van der Waals surface area contributed by atoms with Crippen LogP contribution in [0.25, 0.3) is 0 Å². The quantitative estimate of drug-likeness (QED) is 0.818. The first-order valence-electron chi connectivity index (χ1n) is 7.97. The summed E-state index contributed by atoms with van der Waals surface area (Å²) in [6, 6.07) is 0. The van der Waals surface area contributed by atoms with Crippen molar-refractivity contribution in [2.24, 2.45) is 5.92 Å². The summed E-state index contributed by atoms with van der Waals surface area (Å²) in [4.78, 5) is 16.1. The van der Waals surface area contributed by atoms with Crippen LogP contribution in [0.1, 0.15) is 51.8 Å². The third kappa shape index (κ3) is 4.06. The lowest BCUT2D eigenvalue weighted by atomic mass is 9.78. The van der Waals surface area contributed by atoms with E-state index in [2.05, 4.69) is 11.9 Å². The first-order chi connectivity index (χ1) is 10.1. The van der Waals surface area contributed by atoms with Crippen LogP contribution in [-0.2, 0) is 22.5 Å². The minimum atomic E-state index is -0.730. The molecule has 1 fully saturated rings. The Bertz CT molecular complexity index is 462. The predicted molar refractivity (Wildman–Crippen MR) is 79.8 cm³/mol. The van der Waals surface area contributed by atoms with Gasteiger partial charge in [0.15, 0.2) is 0 Å². The Morgan fingerprint density at radius 2 is 2.19 bits per heavy atom. The maximum absolute atomic E-state index is 11.7. The van der Waals surface area contributed by atoms with Crippen LogP contribution in [0.4, 0.5) is 0 Å². The van der Waals surface area contributed by atoms with E-state index in [1.165, 1.54) is 0 Å². The van der Waals surface area contributed by atoms with Crippen LogP contribution in [0.5, 0.6) is 0 Å². The molecular weight excluding hydrogens is 268 g/mol. The van der Waals surface area contributed by atoms with Crippen molar-refractivity contribution in [3.63, 3.8) is 0 Å². The van der Waals surface area contributed by atoms with E-state index in [1.54, 1.807) is 6.20 Å². The van der Waals surface area contributed by atoms with Gasteiger partial charge in [0.25, 0.3) is 0 Å². The average Bonchev–Trinajstić information content (AvgIpc) is 2.87. The Kier molecular flexibility index (Phi) is 5.39. The second-order valence-corrected chi connectivity index (χ2v) is 5.97. The maximum Gasteiger partial charge on any atom is 0.308 e. The van der Waals surface area contributed by atoms with E-state index >= 15 is 0 Å². The van der Waals surface area contributed by atoms with Gasteiger partial charge >= 0.3 is 5.97 Å². The van der Waals surface area contributed by atoms with Crippen molar-refractivity contribution in [1.82, 2.24) is 9.55 Å². The van der Waals surface area contributed by atoms with E-state index in [4.69, 9.17) is 4.74 Å². The van der Waals surface area contributed by atoms with E-state index in [-0.39, 0.29) is 11.9 Å². The highest BCUT2D eigenvalue weighted by atomic mass is 16.5. The van der Waals surface area contributed by atoms with Crippen LogP contribution in [0.15, 0.2) is 12.4 Å². The van der Waals surface area contributed by atoms with Crippen molar-refractivity contribution in [3.05, 3.63) is 18.2 Å². The van der Waals surface area contributed by atoms with Crippen molar-refractivity contribution >= 4 is 5.97 Å². The fourth-order valence-electron chi connectivity index (χ4n) is 3.06. The smallest absolute Gasteiger partial charge is 0.308 e. The summed E-state index contributed by atoms with van der Waals surface area (Å²) in [7, 11) is 0. The number of hydrogen-bond donors (Lipinski definition) is 1. The first-order valence-corrected chi connectivity index (χ1v) is 7.97. The largest absolute Gasteiger partial charge is 0.466 e. The monoisotopic (exact) mass is 294 g/mol. The summed E-state index contributed by atoms with van der Waals surface area (Å²) >= 11 is 0. The highest BCUT2D eigenvalue weighted by Gasteiger charge is 2.36. The van der Waals surface area contributed by atoms with Gasteiger partial charge in [0, 0.05) is 18.8 Å². The van der Waals surface area contributed by atoms with Crippen LogP contribution < -0.4 is 0 Å². The zero-order valence-corrected chi connectivity index (χ0v) is 13.0. The van der Waals surface area contributed by atoms with Crippen LogP contribution in [0, 0.1) is 5.92 Å². The third-order valence-electron chi connectivity index (χ3n) is 4.28. The molecule has 0 radical (unpaired) electrons.